The number of hydrogen-bond donors (Lipinski definition) is 2. The van der Waals surface area contributed by atoms with Gasteiger partial charge in [-0.2, -0.15) is 0 Å². The van der Waals surface area contributed by atoms with Gasteiger partial charge in [0.25, 0.3) is 6.43 Å². The summed E-state index contributed by atoms with van der Waals surface area (Å²) < 4.78 is 35.7. The van der Waals surface area contributed by atoms with Gasteiger partial charge in [-0.3, -0.25) is 4.79 Å². The van der Waals surface area contributed by atoms with Crippen LogP contribution in [0.2, 0.25) is 0 Å². The molecular weight excluding hydrogens is 272 g/mol. The Morgan fingerprint density at radius 3 is 2.20 bits per heavy atom. The van der Waals surface area contributed by atoms with Crippen LogP contribution in [0.3, 0.4) is 0 Å². The molecule has 0 saturated heterocycles. The Bertz CT molecular complexity index is 480. The third kappa shape index (κ3) is 3.80. The van der Waals surface area contributed by atoms with Crippen LogP contribution in [-0.2, 0) is 4.79 Å². The Labute approximate surface area is 115 Å². The molecule has 7 heteroatoms. The number of benzene rings is 1. The number of halogens is 2. The Morgan fingerprint density at radius 2 is 1.75 bits per heavy atom. The Morgan fingerprint density at radius 1 is 1.25 bits per heavy atom. The van der Waals surface area contributed by atoms with Gasteiger partial charge in [0.1, 0.15) is 11.5 Å². The minimum atomic E-state index is -2.71. The summed E-state index contributed by atoms with van der Waals surface area (Å²) in [5.74, 6) is -0.781. The topological polar surface area (TPSA) is 81.8 Å². The first-order valence-corrected chi connectivity index (χ1v) is 5.92. The molecular formula is C13H17F2NO4. The van der Waals surface area contributed by atoms with E-state index in [9.17, 15) is 13.6 Å². The summed E-state index contributed by atoms with van der Waals surface area (Å²) >= 11 is 0. The molecule has 0 fully saturated rings. The summed E-state index contributed by atoms with van der Waals surface area (Å²) in [5, 5.41) is 8.64. The highest BCUT2D eigenvalue weighted by molar-refractivity contribution is 5.66. The highest BCUT2D eigenvalue weighted by Crippen LogP contribution is 2.37. The van der Waals surface area contributed by atoms with Gasteiger partial charge < -0.3 is 20.3 Å². The number of methoxy groups -OCH3 is 2. The van der Waals surface area contributed by atoms with Crippen molar-refractivity contribution in [3.05, 3.63) is 23.3 Å². The van der Waals surface area contributed by atoms with Crippen molar-refractivity contribution in [2.75, 3.05) is 14.2 Å². The van der Waals surface area contributed by atoms with E-state index in [0.29, 0.717) is 5.56 Å². The van der Waals surface area contributed by atoms with Gasteiger partial charge in [0, 0.05) is 18.0 Å². The quantitative estimate of drug-likeness (QED) is 0.806. The number of nitrogens with two attached hydrogens (primary N) is 1. The van der Waals surface area contributed by atoms with Crippen LogP contribution in [0.15, 0.2) is 12.1 Å². The lowest BCUT2D eigenvalue weighted by atomic mass is 9.99. The van der Waals surface area contributed by atoms with Gasteiger partial charge in [-0.25, -0.2) is 8.78 Å². The SMILES string of the molecule is COc1cc(C(N)CCC(=O)O)c(OC)cc1C(F)F. The molecule has 1 rings (SSSR count). The van der Waals surface area contributed by atoms with Crippen LogP contribution in [0.5, 0.6) is 11.5 Å². The van der Waals surface area contributed by atoms with Crippen molar-refractivity contribution in [1.82, 2.24) is 0 Å². The fourth-order valence-corrected chi connectivity index (χ4v) is 1.84. The van der Waals surface area contributed by atoms with Crippen molar-refractivity contribution in [3.8, 4) is 11.5 Å². The van der Waals surface area contributed by atoms with Gasteiger partial charge in [-0.05, 0) is 18.6 Å². The highest BCUT2D eigenvalue weighted by atomic mass is 19.3. The van der Waals surface area contributed by atoms with Crippen LogP contribution >= 0.6 is 0 Å². The molecule has 0 spiro atoms. The van der Waals surface area contributed by atoms with Crippen LogP contribution in [0, 0.1) is 0 Å². The fraction of sp³-hybridized carbons (Fsp3) is 0.462. The zero-order valence-electron chi connectivity index (χ0n) is 11.2. The summed E-state index contributed by atoms with van der Waals surface area (Å²) in [7, 11) is 2.62. The molecule has 0 bridgehead atoms. The monoisotopic (exact) mass is 289 g/mol. The molecule has 1 unspecified atom stereocenters. The Balaban J connectivity index is 3.14. The molecule has 0 aromatic heterocycles. The largest absolute Gasteiger partial charge is 0.496 e. The van der Waals surface area contributed by atoms with Gasteiger partial charge in [-0.1, -0.05) is 0 Å². The molecule has 0 saturated carbocycles. The first-order chi connectivity index (χ1) is 9.40. The molecule has 3 N–H and O–H groups in total. The summed E-state index contributed by atoms with van der Waals surface area (Å²) in [6.45, 7) is 0. The molecule has 1 aromatic rings. The average Bonchev–Trinajstić information content (AvgIpc) is 2.42. The van der Waals surface area contributed by atoms with E-state index in [2.05, 4.69) is 0 Å². The summed E-state index contributed by atoms with van der Waals surface area (Å²) in [6, 6.07) is 1.90. The van der Waals surface area contributed by atoms with Crippen LogP contribution in [-0.4, -0.2) is 25.3 Å². The summed E-state index contributed by atoms with van der Waals surface area (Å²) in [4.78, 5) is 10.5. The Kier molecular flexibility index (Phi) is 5.69. The van der Waals surface area contributed by atoms with Gasteiger partial charge in [0.2, 0.25) is 0 Å². The van der Waals surface area contributed by atoms with Gasteiger partial charge in [-0.15, -0.1) is 0 Å². The maximum absolute atomic E-state index is 12.9. The third-order valence-corrected chi connectivity index (χ3v) is 2.89. The zero-order chi connectivity index (χ0) is 15.3. The van der Waals surface area contributed by atoms with Crippen molar-refractivity contribution in [2.24, 2.45) is 5.73 Å². The molecule has 0 aliphatic carbocycles. The van der Waals surface area contributed by atoms with E-state index >= 15 is 0 Å². The summed E-state index contributed by atoms with van der Waals surface area (Å²) in [5.41, 5.74) is 6.03. The molecule has 0 amide bonds. The number of ether oxygens (including phenoxy) is 2. The third-order valence-electron chi connectivity index (χ3n) is 2.89. The van der Waals surface area contributed by atoms with Crippen LogP contribution in [0.1, 0.15) is 36.4 Å². The van der Waals surface area contributed by atoms with Crippen LogP contribution < -0.4 is 15.2 Å². The predicted octanol–water partition coefficient (Wildman–Crippen LogP) is 2.51. The molecule has 5 nitrogen and oxygen atoms in total. The van der Waals surface area contributed by atoms with Gasteiger partial charge >= 0.3 is 5.97 Å². The highest BCUT2D eigenvalue weighted by Gasteiger charge is 2.21. The van der Waals surface area contributed by atoms with Crippen molar-refractivity contribution < 1.29 is 28.2 Å². The molecule has 1 aromatic carbocycles. The lowest BCUT2D eigenvalue weighted by Gasteiger charge is -2.18. The molecule has 0 radical (unpaired) electrons. The minimum absolute atomic E-state index is 0.00146. The fourth-order valence-electron chi connectivity index (χ4n) is 1.84. The van der Waals surface area contributed by atoms with Gasteiger partial charge in [0.15, 0.2) is 0 Å². The lowest BCUT2D eigenvalue weighted by Crippen LogP contribution is -2.14. The molecule has 1 atom stereocenters. The summed E-state index contributed by atoms with van der Waals surface area (Å²) in [6.07, 6.45) is -2.66. The Hall–Kier alpha value is -1.89. The number of hydrogen-bond acceptors (Lipinski definition) is 4. The second-order valence-electron chi connectivity index (χ2n) is 4.18. The van der Waals surface area contributed by atoms with E-state index in [4.69, 9.17) is 20.3 Å². The standard InChI is InChI=1S/C13H17F2NO4/c1-19-10-6-8(13(14)15)11(20-2)5-7(10)9(16)3-4-12(17)18/h5-6,9,13H,3-4,16H2,1-2H3,(H,17,18). The van der Waals surface area contributed by atoms with Crippen molar-refractivity contribution in [1.29, 1.82) is 0 Å². The van der Waals surface area contributed by atoms with Crippen molar-refractivity contribution in [3.63, 3.8) is 0 Å². The number of carbonyl (C=O) groups is 1. The van der Waals surface area contributed by atoms with E-state index in [1.54, 1.807) is 0 Å². The van der Waals surface area contributed by atoms with E-state index in [0.717, 1.165) is 0 Å². The molecule has 0 aliphatic heterocycles. The first kappa shape index (κ1) is 16.2. The minimum Gasteiger partial charge on any atom is -0.496 e. The smallest absolute Gasteiger partial charge is 0.303 e. The number of alkyl halides is 2. The van der Waals surface area contributed by atoms with E-state index < -0.39 is 18.4 Å². The van der Waals surface area contributed by atoms with E-state index in [1.165, 1.54) is 26.4 Å². The molecule has 20 heavy (non-hydrogen) atoms. The van der Waals surface area contributed by atoms with Crippen LogP contribution in [0.25, 0.3) is 0 Å². The second kappa shape index (κ2) is 7.04. The number of carboxylic acid groups (broad SMARTS) is 1. The van der Waals surface area contributed by atoms with Gasteiger partial charge in [0.05, 0.1) is 19.8 Å². The van der Waals surface area contributed by atoms with E-state index in [1.807, 2.05) is 0 Å². The average molecular weight is 289 g/mol. The normalized spacial score (nSPS) is 12.3. The number of aliphatic carboxylic acids is 1. The zero-order valence-corrected chi connectivity index (χ0v) is 11.2. The maximum atomic E-state index is 12.9. The van der Waals surface area contributed by atoms with Crippen LogP contribution in [0.4, 0.5) is 8.78 Å². The lowest BCUT2D eigenvalue weighted by molar-refractivity contribution is -0.137. The molecule has 0 heterocycles. The maximum Gasteiger partial charge on any atom is 0.303 e. The molecule has 112 valence electrons. The number of carboxylic acids is 1. The number of rotatable bonds is 7. The van der Waals surface area contributed by atoms with Crippen molar-refractivity contribution in [2.45, 2.75) is 25.3 Å². The van der Waals surface area contributed by atoms with Crippen molar-refractivity contribution >= 4 is 5.97 Å². The van der Waals surface area contributed by atoms with E-state index in [-0.39, 0.29) is 29.9 Å². The predicted molar refractivity (Wildman–Crippen MR) is 68.3 cm³/mol. The molecule has 0 aliphatic rings. The first-order valence-electron chi connectivity index (χ1n) is 5.92. The second-order valence-corrected chi connectivity index (χ2v) is 4.18.